The van der Waals surface area contributed by atoms with E-state index in [1.165, 1.54) is 0 Å². The van der Waals surface area contributed by atoms with Crippen molar-refractivity contribution in [2.45, 2.75) is 20.8 Å². The molecule has 0 aromatic heterocycles. The van der Waals surface area contributed by atoms with Crippen LogP contribution in [0.3, 0.4) is 0 Å². The van der Waals surface area contributed by atoms with Crippen LogP contribution in [0.4, 0.5) is 0 Å². The van der Waals surface area contributed by atoms with Crippen LogP contribution in [0.25, 0.3) is 0 Å². The molecule has 0 amide bonds. The number of benzene rings is 2. The molecule has 5 heteroatoms. The standard InChI is InChI=1S/C17H16BrClO3/c1-10-5-4-6-15(12(10)3)21-9-16(20)22-17-11(2)7-13(18)8-14(17)19/h4-8H,9H2,1-3H3. The van der Waals surface area contributed by atoms with Gasteiger partial charge in [0.2, 0.25) is 0 Å². The molecule has 0 unspecified atom stereocenters. The molecule has 0 heterocycles. The molecule has 0 N–H and O–H groups in total. The molecule has 22 heavy (non-hydrogen) atoms. The fourth-order valence-electron chi connectivity index (χ4n) is 1.98. The summed E-state index contributed by atoms with van der Waals surface area (Å²) in [6.45, 7) is 5.60. The first kappa shape index (κ1) is 16.8. The highest BCUT2D eigenvalue weighted by molar-refractivity contribution is 9.10. The molecule has 0 radical (unpaired) electrons. The Morgan fingerprint density at radius 2 is 1.91 bits per heavy atom. The normalized spacial score (nSPS) is 10.4. The SMILES string of the molecule is Cc1cccc(OCC(=O)Oc2c(C)cc(Br)cc2Cl)c1C. The number of esters is 1. The first-order chi connectivity index (χ1) is 10.4. The summed E-state index contributed by atoms with van der Waals surface area (Å²) in [5.41, 5.74) is 2.89. The summed E-state index contributed by atoms with van der Waals surface area (Å²) in [4.78, 5) is 12.0. The van der Waals surface area contributed by atoms with E-state index in [2.05, 4.69) is 15.9 Å². The predicted molar refractivity (Wildman–Crippen MR) is 90.9 cm³/mol. The first-order valence-electron chi connectivity index (χ1n) is 6.74. The number of ether oxygens (including phenoxy) is 2. The average Bonchev–Trinajstić information content (AvgIpc) is 2.44. The third kappa shape index (κ3) is 4.02. The summed E-state index contributed by atoms with van der Waals surface area (Å²) < 4.78 is 11.7. The van der Waals surface area contributed by atoms with Gasteiger partial charge in [0.25, 0.3) is 0 Å². The molecule has 3 nitrogen and oxygen atoms in total. The van der Waals surface area contributed by atoms with Crippen LogP contribution in [0.5, 0.6) is 11.5 Å². The molecule has 116 valence electrons. The zero-order chi connectivity index (χ0) is 16.3. The minimum atomic E-state index is -0.492. The van der Waals surface area contributed by atoms with Crippen molar-refractivity contribution in [2.24, 2.45) is 0 Å². The van der Waals surface area contributed by atoms with Gasteiger partial charge in [0, 0.05) is 4.47 Å². The highest BCUT2D eigenvalue weighted by Crippen LogP contribution is 2.32. The summed E-state index contributed by atoms with van der Waals surface area (Å²) in [5, 5.41) is 0.381. The van der Waals surface area contributed by atoms with Gasteiger partial charge < -0.3 is 9.47 Å². The maximum absolute atomic E-state index is 12.0. The zero-order valence-electron chi connectivity index (χ0n) is 12.6. The lowest BCUT2D eigenvalue weighted by Gasteiger charge is -2.12. The third-order valence-electron chi connectivity index (χ3n) is 3.31. The van der Waals surface area contributed by atoms with Crippen LogP contribution in [0.2, 0.25) is 5.02 Å². The number of aryl methyl sites for hydroxylation is 2. The lowest BCUT2D eigenvalue weighted by Crippen LogP contribution is -2.18. The summed E-state index contributed by atoms with van der Waals surface area (Å²) in [6, 6.07) is 9.22. The van der Waals surface area contributed by atoms with Crippen LogP contribution in [0, 0.1) is 20.8 Å². The predicted octanol–water partition coefficient (Wildman–Crippen LogP) is 5.01. The summed E-state index contributed by atoms with van der Waals surface area (Å²) in [5.74, 6) is 0.545. The van der Waals surface area contributed by atoms with Gasteiger partial charge in [0.1, 0.15) is 5.75 Å². The van der Waals surface area contributed by atoms with E-state index in [9.17, 15) is 4.79 Å². The van der Waals surface area contributed by atoms with Gasteiger partial charge in [-0.2, -0.15) is 0 Å². The van der Waals surface area contributed by atoms with Crippen molar-refractivity contribution in [3.05, 3.63) is 56.5 Å². The van der Waals surface area contributed by atoms with E-state index >= 15 is 0 Å². The van der Waals surface area contributed by atoms with E-state index in [1.807, 2.05) is 45.0 Å². The number of halogens is 2. The highest BCUT2D eigenvalue weighted by Gasteiger charge is 2.13. The number of rotatable bonds is 4. The lowest BCUT2D eigenvalue weighted by molar-refractivity contribution is -0.136. The summed E-state index contributed by atoms with van der Waals surface area (Å²) in [6.07, 6.45) is 0. The Morgan fingerprint density at radius 1 is 1.18 bits per heavy atom. The Balaban J connectivity index is 2.04. The van der Waals surface area contributed by atoms with Gasteiger partial charge in [-0.05, 0) is 55.7 Å². The Bertz CT molecular complexity index is 690. The fraction of sp³-hybridized carbons (Fsp3) is 0.235. The zero-order valence-corrected chi connectivity index (χ0v) is 14.9. The first-order valence-corrected chi connectivity index (χ1v) is 7.91. The molecule has 0 saturated heterocycles. The Morgan fingerprint density at radius 3 is 2.59 bits per heavy atom. The number of carbonyl (C=O) groups is 1. The topological polar surface area (TPSA) is 35.5 Å². The quantitative estimate of drug-likeness (QED) is 0.550. The molecule has 0 spiro atoms. The average molecular weight is 384 g/mol. The van der Waals surface area contributed by atoms with Gasteiger partial charge in [0.15, 0.2) is 12.4 Å². The van der Waals surface area contributed by atoms with Crippen LogP contribution in [-0.2, 0) is 4.79 Å². The highest BCUT2D eigenvalue weighted by atomic mass is 79.9. The second kappa shape index (κ2) is 7.16. The molecule has 0 bridgehead atoms. The van der Waals surface area contributed by atoms with Gasteiger partial charge in [-0.3, -0.25) is 0 Å². The fourth-order valence-corrected chi connectivity index (χ4v) is 2.99. The van der Waals surface area contributed by atoms with Crippen molar-refractivity contribution < 1.29 is 14.3 Å². The number of hydrogen-bond acceptors (Lipinski definition) is 3. The summed E-state index contributed by atoms with van der Waals surface area (Å²) in [7, 11) is 0. The van der Waals surface area contributed by atoms with Crippen molar-refractivity contribution in [3.8, 4) is 11.5 Å². The lowest BCUT2D eigenvalue weighted by atomic mass is 10.1. The van der Waals surface area contributed by atoms with Crippen molar-refractivity contribution in [1.82, 2.24) is 0 Å². The van der Waals surface area contributed by atoms with E-state index in [-0.39, 0.29) is 6.61 Å². The maximum Gasteiger partial charge on any atom is 0.349 e. The van der Waals surface area contributed by atoms with Crippen LogP contribution in [0.15, 0.2) is 34.8 Å². The third-order valence-corrected chi connectivity index (χ3v) is 4.05. The molecule has 0 atom stereocenters. The molecule has 2 aromatic carbocycles. The Labute approximate surface area is 143 Å². The Kier molecular flexibility index (Phi) is 5.48. The van der Waals surface area contributed by atoms with E-state index in [1.54, 1.807) is 6.07 Å². The maximum atomic E-state index is 12.0. The van der Waals surface area contributed by atoms with Crippen molar-refractivity contribution in [3.63, 3.8) is 0 Å². The number of carbonyl (C=O) groups excluding carboxylic acids is 1. The minimum absolute atomic E-state index is 0.171. The Hall–Kier alpha value is -1.52. The van der Waals surface area contributed by atoms with Crippen LogP contribution in [0.1, 0.15) is 16.7 Å². The van der Waals surface area contributed by atoms with Crippen LogP contribution >= 0.6 is 27.5 Å². The van der Waals surface area contributed by atoms with Crippen molar-refractivity contribution >= 4 is 33.5 Å². The van der Waals surface area contributed by atoms with E-state index in [4.69, 9.17) is 21.1 Å². The van der Waals surface area contributed by atoms with Gasteiger partial charge in [-0.15, -0.1) is 0 Å². The van der Waals surface area contributed by atoms with E-state index in [0.717, 1.165) is 21.2 Å². The summed E-state index contributed by atoms with van der Waals surface area (Å²) >= 11 is 9.43. The molecule has 0 aliphatic heterocycles. The molecular weight excluding hydrogens is 368 g/mol. The molecule has 2 rings (SSSR count). The second-order valence-corrected chi connectivity index (χ2v) is 6.32. The van der Waals surface area contributed by atoms with Crippen molar-refractivity contribution in [1.29, 1.82) is 0 Å². The molecule has 0 aliphatic carbocycles. The molecule has 0 aliphatic rings. The minimum Gasteiger partial charge on any atom is -0.482 e. The molecule has 0 fully saturated rings. The largest absolute Gasteiger partial charge is 0.482 e. The second-order valence-electron chi connectivity index (χ2n) is 4.99. The van der Waals surface area contributed by atoms with Crippen LogP contribution in [-0.4, -0.2) is 12.6 Å². The van der Waals surface area contributed by atoms with Gasteiger partial charge >= 0.3 is 5.97 Å². The van der Waals surface area contributed by atoms with E-state index in [0.29, 0.717) is 16.5 Å². The molecule has 0 saturated carbocycles. The van der Waals surface area contributed by atoms with Crippen molar-refractivity contribution in [2.75, 3.05) is 6.61 Å². The van der Waals surface area contributed by atoms with Gasteiger partial charge in [-0.25, -0.2) is 4.79 Å². The smallest absolute Gasteiger partial charge is 0.349 e. The van der Waals surface area contributed by atoms with Crippen LogP contribution < -0.4 is 9.47 Å². The van der Waals surface area contributed by atoms with E-state index < -0.39 is 5.97 Å². The number of hydrogen-bond donors (Lipinski definition) is 0. The van der Waals surface area contributed by atoms with Gasteiger partial charge in [0.05, 0.1) is 5.02 Å². The van der Waals surface area contributed by atoms with Gasteiger partial charge in [-0.1, -0.05) is 39.7 Å². The molecular formula is C17H16BrClO3. The molecule has 2 aromatic rings. The monoisotopic (exact) mass is 382 g/mol.